The van der Waals surface area contributed by atoms with Gasteiger partial charge in [-0.1, -0.05) is 18.2 Å². The van der Waals surface area contributed by atoms with E-state index in [0.29, 0.717) is 11.1 Å². The molecule has 2 rings (SSSR count). The standard InChI is InChI=1S/C19H16F4N2O4/c1-11-4-2-3-5-14(11)17(27)25-24-16(26)9-7-12-6-8-13(28-18(20)21)10-15(12)29-19(22)23/h2-10,18-19H,1H3,(H,24,26)(H,25,27)/b9-7+. The Morgan fingerprint density at radius 2 is 1.66 bits per heavy atom. The highest BCUT2D eigenvalue weighted by molar-refractivity contribution is 5.98. The third-order valence-electron chi connectivity index (χ3n) is 3.53. The van der Waals surface area contributed by atoms with Gasteiger partial charge < -0.3 is 9.47 Å². The van der Waals surface area contributed by atoms with Crippen molar-refractivity contribution in [3.8, 4) is 11.5 Å². The zero-order valence-electron chi connectivity index (χ0n) is 15.0. The third kappa shape index (κ3) is 6.83. The Kier molecular flexibility index (Phi) is 7.58. The molecule has 0 aromatic heterocycles. The SMILES string of the molecule is Cc1ccccc1C(=O)NNC(=O)/C=C/c1ccc(OC(F)F)cc1OC(F)F. The van der Waals surface area contributed by atoms with E-state index in [1.807, 2.05) is 0 Å². The number of nitrogens with one attached hydrogen (secondary N) is 2. The van der Waals surface area contributed by atoms with E-state index in [1.165, 1.54) is 0 Å². The summed E-state index contributed by atoms with van der Waals surface area (Å²) in [5.74, 6) is -2.16. The fourth-order valence-corrected chi connectivity index (χ4v) is 2.25. The molecule has 0 aliphatic rings. The van der Waals surface area contributed by atoms with Crippen LogP contribution in [0.15, 0.2) is 48.5 Å². The largest absolute Gasteiger partial charge is 0.435 e. The second-order valence-corrected chi connectivity index (χ2v) is 5.55. The van der Waals surface area contributed by atoms with Crippen LogP contribution in [0.5, 0.6) is 11.5 Å². The van der Waals surface area contributed by atoms with Crippen LogP contribution in [0.4, 0.5) is 17.6 Å². The van der Waals surface area contributed by atoms with E-state index in [1.54, 1.807) is 31.2 Å². The van der Waals surface area contributed by atoms with Gasteiger partial charge in [-0.15, -0.1) is 0 Å². The molecule has 2 aromatic carbocycles. The van der Waals surface area contributed by atoms with Crippen molar-refractivity contribution in [2.75, 3.05) is 0 Å². The van der Waals surface area contributed by atoms with Gasteiger partial charge in [-0.05, 0) is 36.8 Å². The first kappa shape index (κ1) is 21.7. The van der Waals surface area contributed by atoms with Crippen LogP contribution in [-0.2, 0) is 4.79 Å². The second-order valence-electron chi connectivity index (χ2n) is 5.55. The minimum atomic E-state index is -3.22. The molecule has 0 aliphatic heterocycles. The third-order valence-corrected chi connectivity index (χ3v) is 3.53. The maximum Gasteiger partial charge on any atom is 0.387 e. The van der Waals surface area contributed by atoms with E-state index in [2.05, 4.69) is 20.3 Å². The van der Waals surface area contributed by atoms with Crippen molar-refractivity contribution in [1.29, 1.82) is 0 Å². The van der Waals surface area contributed by atoms with Gasteiger partial charge in [-0.3, -0.25) is 20.4 Å². The molecule has 2 N–H and O–H groups in total. The number of carbonyl (C=O) groups is 2. The predicted molar refractivity (Wildman–Crippen MR) is 95.5 cm³/mol. The number of hydrogen-bond donors (Lipinski definition) is 2. The van der Waals surface area contributed by atoms with Crippen molar-refractivity contribution >= 4 is 17.9 Å². The van der Waals surface area contributed by atoms with Crippen LogP contribution < -0.4 is 20.3 Å². The van der Waals surface area contributed by atoms with Crippen LogP contribution in [0.25, 0.3) is 6.08 Å². The minimum absolute atomic E-state index is 0.00676. The maximum atomic E-state index is 12.5. The molecule has 6 nitrogen and oxygen atoms in total. The lowest BCUT2D eigenvalue weighted by molar-refractivity contribution is -0.117. The summed E-state index contributed by atoms with van der Waals surface area (Å²) >= 11 is 0. The Morgan fingerprint density at radius 3 is 2.31 bits per heavy atom. The molecule has 0 saturated heterocycles. The van der Waals surface area contributed by atoms with Crippen LogP contribution in [0, 0.1) is 6.92 Å². The number of alkyl halides is 4. The van der Waals surface area contributed by atoms with Crippen LogP contribution in [0.3, 0.4) is 0 Å². The number of aryl methyl sites for hydroxylation is 1. The van der Waals surface area contributed by atoms with Crippen LogP contribution in [0.1, 0.15) is 21.5 Å². The quantitative estimate of drug-likeness (QED) is 0.413. The van der Waals surface area contributed by atoms with E-state index in [0.717, 1.165) is 30.4 Å². The number of carbonyl (C=O) groups excluding carboxylic acids is 2. The number of hydrogen-bond acceptors (Lipinski definition) is 4. The highest BCUT2D eigenvalue weighted by Gasteiger charge is 2.13. The molecule has 0 atom stereocenters. The van der Waals surface area contributed by atoms with Crippen molar-refractivity contribution < 1.29 is 36.6 Å². The molecule has 0 aliphatic carbocycles. The lowest BCUT2D eigenvalue weighted by atomic mass is 10.1. The molecule has 10 heteroatoms. The van der Waals surface area contributed by atoms with Gasteiger partial charge in [-0.25, -0.2) is 0 Å². The van der Waals surface area contributed by atoms with E-state index in [-0.39, 0.29) is 11.3 Å². The Bertz CT molecular complexity index is 904. The average Bonchev–Trinajstić information content (AvgIpc) is 2.65. The summed E-state index contributed by atoms with van der Waals surface area (Å²) in [7, 11) is 0. The van der Waals surface area contributed by atoms with Gasteiger partial charge in [0.05, 0.1) is 0 Å². The van der Waals surface area contributed by atoms with Crippen molar-refractivity contribution in [1.82, 2.24) is 10.9 Å². The molecule has 2 aromatic rings. The van der Waals surface area contributed by atoms with E-state index in [9.17, 15) is 27.2 Å². The molecule has 0 heterocycles. The zero-order chi connectivity index (χ0) is 21.4. The smallest absolute Gasteiger partial charge is 0.387 e. The van der Waals surface area contributed by atoms with Crippen LogP contribution >= 0.6 is 0 Å². The summed E-state index contributed by atoms with van der Waals surface area (Å²) in [6.07, 6.45) is 2.05. The maximum absolute atomic E-state index is 12.5. The van der Waals surface area contributed by atoms with Crippen LogP contribution in [-0.4, -0.2) is 25.0 Å². The Labute approximate surface area is 163 Å². The number of halogens is 4. The van der Waals surface area contributed by atoms with Gasteiger partial charge in [0.15, 0.2) is 0 Å². The molecule has 0 bridgehead atoms. The van der Waals surface area contributed by atoms with Crippen molar-refractivity contribution in [3.63, 3.8) is 0 Å². The topological polar surface area (TPSA) is 76.7 Å². The molecule has 0 saturated carbocycles. The Hall–Kier alpha value is -3.56. The highest BCUT2D eigenvalue weighted by atomic mass is 19.3. The average molecular weight is 412 g/mol. The molecular weight excluding hydrogens is 396 g/mol. The summed E-state index contributed by atoms with van der Waals surface area (Å²) in [4.78, 5) is 23.9. The first-order valence-electron chi connectivity index (χ1n) is 8.14. The number of benzene rings is 2. The Morgan fingerprint density at radius 1 is 0.966 bits per heavy atom. The van der Waals surface area contributed by atoms with Gasteiger partial charge in [0.1, 0.15) is 11.5 Å². The molecule has 0 radical (unpaired) electrons. The van der Waals surface area contributed by atoms with E-state index in [4.69, 9.17) is 0 Å². The zero-order valence-corrected chi connectivity index (χ0v) is 15.0. The molecule has 29 heavy (non-hydrogen) atoms. The van der Waals surface area contributed by atoms with Crippen molar-refractivity contribution in [2.24, 2.45) is 0 Å². The van der Waals surface area contributed by atoms with Gasteiger partial charge in [0.2, 0.25) is 0 Å². The monoisotopic (exact) mass is 412 g/mol. The number of rotatable bonds is 7. The molecule has 2 amide bonds. The highest BCUT2D eigenvalue weighted by Crippen LogP contribution is 2.28. The van der Waals surface area contributed by atoms with E-state index < -0.39 is 30.8 Å². The minimum Gasteiger partial charge on any atom is -0.435 e. The van der Waals surface area contributed by atoms with Crippen molar-refractivity contribution in [3.05, 3.63) is 65.2 Å². The summed E-state index contributed by atoms with van der Waals surface area (Å²) in [6, 6.07) is 9.81. The van der Waals surface area contributed by atoms with Crippen molar-refractivity contribution in [2.45, 2.75) is 20.1 Å². The molecule has 0 unspecified atom stereocenters. The number of amides is 2. The van der Waals surface area contributed by atoms with Crippen LogP contribution in [0.2, 0.25) is 0 Å². The molecular formula is C19H16F4N2O4. The molecule has 154 valence electrons. The lowest BCUT2D eigenvalue weighted by Crippen LogP contribution is -2.41. The second kappa shape index (κ2) is 10.1. The normalized spacial score (nSPS) is 11.0. The first-order chi connectivity index (χ1) is 13.8. The summed E-state index contributed by atoms with van der Waals surface area (Å²) < 4.78 is 58.0. The van der Waals surface area contributed by atoms with Gasteiger partial charge in [0.25, 0.3) is 11.8 Å². The number of ether oxygens (including phenoxy) is 2. The molecule has 0 spiro atoms. The molecule has 0 fully saturated rings. The summed E-state index contributed by atoms with van der Waals surface area (Å²) in [6.45, 7) is -4.63. The number of hydrazine groups is 1. The fourth-order valence-electron chi connectivity index (χ4n) is 2.25. The van der Waals surface area contributed by atoms with Gasteiger partial charge in [-0.2, -0.15) is 17.6 Å². The summed E-state index contributed by atoms with van der Waals surface area (Å²) in [5, 5.41) is 0. The van der Waals surface area contributed by atoms with E-state index >= 15 is 0 Å². The predicted octanol–water partition coefficient (Wildman–Crippen LogP) is 3.67. The lowest BCUT2D eigenvalue weighted by Gasteiger charge is -2.11. The first-order valence-corrected chi connectivity index (χ1v) is 8.14. The summed E-state index contributed by atoms with van der Waals surface area (Å²) in [5.41, 5.74) is 5.42. The van der Waals surface area contributed by atoms with Gasteiger partial charge in [0, 0.05) is 23.3 Å². The Balaban J connectivity index is 2.04. The van der Waals surface area contributed by atoms with Gasteiger partial charge >= 0.3 is 13.2 Å². The fraction of sp³-hybridized carbons (Fsp3) is 0.158.